The number of anilines is 1. The third-order valence-corrected chi connectivity index (χ3v) is 1.57. The van der Waals surface area contributed by atoms with Crippen molar-refractivity contribution in [2.24, 2.45) is 0 Å². The van der Waals surface area contributed by atoms with Crippen molar-refractivity contribution >= 4 is 5.69 Å². The van der Waals surface area contributed by atoms with E-state index in [0.717, 1.165) is 0 Å². The van der Waals surface area contributed by atoms with Gasteiger partial charge in [-0.1, -0.05) is 12.1 Å². The summed E-state index contributed by atoms with van der Waals surface area (Å²) in [5.74, 6) is -0.369. The standard InChI is InChI=1S/C9H12FNO/c1-2-12-6-7-4-3-5-8(11)9(7)10/h3-5H,2,6,11H2,1H3. The first-order chi connectivity index (χ1) is 5.75. The molecule has 1 rings (SSSR count). The summed E-state index contributed by atoms with van der Waals surface area (Å²) in [4.78, 5) is 0. The highest BCUT2D eigenvalue weighted by Crippen LogP contribution is 2.14. The van der Waals surface area contributed by atoms with Crippen molar-refractivity contribution < 1.29 is 9.13 Å². The van der Waals surface area contributed by atoms with Gasteiger partial charge in [-0.2, -0.15) is 0 Å². The molecule has 0 aliphatic carbocycles. The number of ether oxygens (including phenoxy) is 1. The fourth-order valence-electron chi connectivity index (χ4n) is 0.923. The molecular formula is C9H12FNO. The SMILES string of the molecule is CCOCc1cccc(N)c1F. The number of nitrogen functional groups attached to an aromatic ring is 1. The Hall–Kier alpha value is -1.09. The summed E-state index contributed by atoms with van der Waals surface area (Å²) in [5, 5.41) is 0. The summed E-state index contributed by atoms with van der Waals surface area (Å²) in [7, 11) is 0. The highest BCUT2D eigenvalue weighted by Gasteiger charge is 2.03. The normalized spacial score (nSPS) is 10.2. The maximum Gasteiger partial charge on any atom is 0.151 e. The third kappa shape index (κ3) is 1.95. The van der Waals surface area contributed by atoms with Gasteiger partial charge in [-0.25, -0.2) is 4.39 Å². The van der Waals surface area contributed by atoms with Crippen LogP contribution in [0.5, 0.6) is 0 Å². The molecule has 2 N–H and O–H groups in total. The number of halogens is 1. The van der Waals surface area contributed by atoms with Gasteiger partial charge in [0.1, 0.15) is 0 Å². The molecular weight excluding hydrogens is 157 g/mol. The molecule has 0 aliphatic heterocycles. The van der Waals surface area contributed by atoms with Gasteiger partial charge >= 0.3 is 0 Å². The lowest BCUT2D eigenvalue weighted by Crippen LogP contribution is -1.99. The average molecular weight is 169 g/mol. The van der Waals surface area contributed by atoms with Gasteiger partial charge in [-0.15, -0.1) is 0 Å². The molecule has 12 heavy (non-hydrogen) atoms. The molecule has 0 amide bonds. The smallest absolute Gasteiger partial charge is 0.151 e. The summed E-state index contributed by atoms with van der Waals surface area (Å²) in [6.45, 7) is 2.73. The molecule has 1 aromatic rings. The van der Waals surface area contributed by atoms with Crippen LogP contribution in [0.25, 0.3) is 0 Å². The molecule has 0 unspecified atom stereocenters. The molecule has 0 fully saturated rings. The minimum absolute atomic E-state index is 0.173. The van der Waals surface area contributed by atoms with E-state index in [-0.39, 0.29) is 18.1 Å². The van der Waals surface area contributed by atoms with E-state index in [9.17, 15) is 4.39 Å². The molecule has 0 saturated carbocycles. The number of hydrogen-bond acceptors (Lipinski definition) is 2. The quantitative estimate of drug-likeness (QED) is 0.702. The monoisotopic (exact) mass is 169 g/mol. The average Bonchev–Trinajstić information content (AvgIpc) is 2.08. The van der Waals surface area contributed by atoms with Crippen molar-refractivity contribution in [3.05, 3.63) is 29.6 Å². The van der Waals surface area contributed by atoms with Crippen molar-refractivity contribution in [3.63, 3.8) is 0 Å². The van der Waals surface area contributed by atoms with Gasteiger partial charge in [-0.3, -0.25) is 0 Å². The second-order valence-corrected chi connectivity index (χ2v) is 2.46. The summed E-state index contributed by atoms with van der Waals surface area (Å²) >= 11 is 0. The Balaban J connectivity index is 2.78. The van der Waals surface area contributed by atoms with Gasteiger partial charge in [0.25, 0.3) is 0 Å². The maximum absolute atomic E-state index is 13.1. The minimum atomic E-state index is -0.369. The maximum atomic E-state index is 13.1. The Bertz CT molecular complexity index is 263. The van der Waals surface area contributed by atoms with Gasteiger partial charge in [0.2, 0.25) is 0 Å². The highest BCUT2D eigenvalue weighted by molar-refractivity contribution is 5.42. The fraction of sp³-hybridized carbons (Fsp3) is 0.333. The van der Waals surface area contributed by atoms with E-state index < -0.39 is 0 Å². The first-order valence-electron chi connectivity index (χ1n) is 3.86. The van der Waals surface area contributed by atoms with Crippen LogP contribution in [0.2, 0.25) is 0 Å². The molecule has 2 nitrogen and oxygen atoms in total. The molecule has 0 radical (unpaired) electrons. The summed E-state index contributed by atoms with van der Waals surface area (Å²) in [6.07, 6.45) is 0. The Morgan fingerprint density at radius 1 is 1.50 bits per heavy atom. The van der Waals surface area contributed by atoms with Gasteiger partial charge in [-0.05, 0) is 13.0 Å². The number of rotatable bonds is 3. The fourth-order valence-corrected chi connectivity index (χ4v) is 0.923. The largest absolute Gasteiger partial charge is 0.396 e. The molecule has 1 aromatic carbocycles. The molecule has 66 valence electrons. The second kappa shape index (κ2) is 4.07. The predicted molar refractivity (Wildman–Crippen MR) is 46.1 cm³/mol. The predicted octanol–water partition coefficient (Wildman–Crippen LogP) is 1.94. The van der Waals surface area contributed by atoms with Crippen LogP contribution in [0.1, 0.15) is 12.5 Å². The number of hydrogen-bond donors (Lipinski definition) is 1. The number of benzene rings is 1. The minimum Gasteiger partial charge on any atom is -0.396 e. The lowest BCUT2D eigenvalue weighted by molar-refractivity contribution is 0.131. The molecule has 0 saturated heterocycles. The van der Waals surface area contributed by atoms with Gasteiger partial charge in [0.15, 0.2) is 5.82 Å². The van der Waals surface area contributed by atoms with Crippen LogP contribution in [0.4, 0.5) is 10.1 Å². The molecule has 0 aromatic heterocycles. The number of nitrogens with two attached hydrogens (primary N) is 1. The van der Waals surface area contributed by atoms with Crippen molar-refractivity contribution in [2.45, 2.75) is 13.5 Å². The van der Waals surface area contributed by atoms with E-state index in [1.807, 2.05) is 6.92 Å². The Kier molecular flexibility index (Phi) is 3.05. The molecule has 0 atom stereocenters. The van der Waals surface area contributed by atoms with Crippen LogP contribution in [-0.4, -0.2) is 6.61 Å². The summed E-state index contributed by atoms with van der Waals surface area (Å²) in [5.41, 5.74) is 6.05. The van der Waals surface area contributed by atoms with Crippen LogP contribution in [0.15, 0.2) is 18.2 Å². The van der Waals surface area contributed by atoms with E-state index in [4.69, 9.17) is 10.5 Å². The Morgan fingerprint density at radius 2 is 2.25 bits per heavy atom. The summed E-state index contributed by atoms with van der Waals surface area (Å²) in [6, 6.07) is 4.92. The Morgan fingerprint density at radius 3 is 2.92 bits per heavy atom. The zero-order valence-electron chi connectivity index (χ0n) is 7.01. The molecule has 0 heterocycles. The lowest BCUT2D eigenvalue weighted by Gasteiger charge is -2.04. The van der Waals surface area contributed by atoms with Crippen molar-refractivity contribution in [1.82, 2.24) is 0 Å². The van der Waals surface area contributed by atoms with Crippen molar-refractivity contribution in [3.8, 4) is 0 Å². The van der Waals surface area contributed by atoms with Crippen LogP contribution in [-0.2, 0) is 11.3 Å². The third-order valence-electron chi connectivity index (χ3n) is 1.57. The topological polar surface area (TPSA) is 35.2 Å². The zero-order chi connectivity index (χ0) is 8.97. The first-order valence-corrected chi connectivity index (χ1v) is 3.86. The second-order valence-electron chi connectivity index (χ2n) is 2.46. The highest BCUT2D eigenvalue weighted by atomic mass is 19.1. The van der Waals surface area contributed by atoms with Gasteiger partial charge in [0, 0.05) is 12.2 Å². The van der Waals surface area contributed by atoms with Crippen LogP contribution >= 0.6 is 0 Å². The van der Waals surface area contributed by atoms with E-state index in [0.29, 0.717) is 12.2 Å². The zero-order valence-corrected chi connectivity index (χ0v) is 7.01. The molecule has 0 aliphatic rings. The van der Waals surface area contributed by atoms with Crippen LogP contribution < -0.4 is 5.73 Å². The van der Waals surface area contributed by atoms with Crippen molar-refractivity contribution in [2.75, 3.05) is 12.3 Å². The van der Waals surface area contributed by atoms with Crippen LogP contribution in [0, 0.1) is 5.82 Å². The van der Waals surface area contributed by atoms with Gasteiger partial charge in [0.05, 0.1) is 12.3 Å². The molecule has 0 bridgehead atoms. The van der Waals surface area contributed by atoms with E-state index >= 15 is 0 Å². The Labute approximate surface area is 71.1 Å². The van der Waals surface area contributed by atoms with Crippen LogP contribution in [0.3, 0.4) is 0 Å². The van der Waals surface area contributed by atoms with E-state index in [2.05, 4.69) is 0 Å². The summed E-state index contributed by atoms with van der Waals surface area (Å²) < 4.78 is 18.2. The van der Waals surface area contributed by atoms with E-state index in [1.54, 1.807) is 12.1 Å². The van der Waals surface area contributed by atoms with Gasteiger partial charge < -0.3 is 10.5 Å². The lowest BCUT2D eigenvalue weighted by atomic mass is 10.2. The first kappa shape index (κ1) is 9.00. The molecule has 3 heteroatoms. The van der Waals surface area contributed by atoms with E-state index in [1.165, 1.54) is 6.07 Å². The van der Waals surface area contributed by atoms with Crippen molar-refractivity contribution in [1.29, 1.82) is 0 Å². The molecule has 0 spiro atoms.